The minimum atomic E-state index is -0.597. The molecule has 1 amide bonds. The average Bonchev–Trinajstić information content (AvgIpc) is 2.56. The van der Waals surface area contributed by atoms with Gasteiger partial charge in [-0.15, -0.1) is 0 Å². The Labute approximate surface area is 142 Å². The van der Waals surface area contributed by atoms with Crippen molar-refractivity contribution in [2.75, 3.05) is 0 Å². The molecule has 2 aromatic rings. The van der Waals surface area contributed by atoms with Crippen molar-refractivity contribution in [1.29, 1.82) is 0 Å². The van der Waals surface area contributed by atoms with E-state index < -0.39 is 6.04 Å². The molecule has 0 spiro atoms. The maximum Gasteiger partial charge on any atom is 0.270 e. The van der Waals surface area contributed by atoms with E-state index in [0.717, 1.165) is 27.6 Å². The first-order chi connectivity index (χ1) is 11.1. The molecule has 3 rings (SSSR count). The van der Waals surface area contributed by atoms with Gasteiger partial charge in [0.15, 0.2) is 0 Å². The van der Waals surface area contributed by atoms with E-state index in [1.165, 1.54) is 11.3 Å². The Bertz CT molecular complexity index is 804. The third-order valence-corrected chi connectivity index (χ3v) is 4.17. The largest absolute Gasteiger partial charge is 0.301 e. The molecule has 0 bridgehead atoms. The van der Waals surface area contributed by atoms with Gasteiger partial charge in [0.2, 0.25) is 0 Å². The summed E-state index contributed by atoms with van der Waals surface area (Å²) in [6, 6.07) is 12.2. The van der Waals surface area contributed by atoms with Gasteiger partial charge in [0.05, 0.1) is 5.69 Å². The number of amides is 1. The standard InChI is InChI=1S/C17H14BrN3O2/c1-11-6-7-12(18)8-14(11)17(23)20-21-10-19-15-5-3-2-4-13(15)16(21)9-22/h2-10,16H,1H3,(H,20,23). The number of aryl methyl sites for hydroxylation is 1. The van der Waals surface area contributed by atoms with Crippen LogP contribution in [0.25, 0.3) is 0 Å². The number of fused-ring (bicyclic) bond motifs is 1. The lowest BCUT2D eigenvalue weighted by molar-refractivity contribution is -0.111. The number of halogens is 1. The van der Waals surface area contributed by atoms with E-state index in [-0.39, 0.29) is 5.91 Å². The van der Waals surface area contributed by atoms with Gasteiger partial charge in [-0.1, -0.05) is 40.2 Å². The first-order valence-corrected chi connectivity index (χ1v) is 7.83. The zero-order chi connectivity index (χ0) is 16.4. The number of nitrogens with zero attached hydrogens (tertiary/aromatic N) is 2. The molecule has 0 aromatic heterocycles. The predicted molar refractivity (Wildman–Crippen MR) is 91.6 cm³/mol. The maximum atomic E-state index is 12.5. The Morgan fingerprint density at radius 2 is 2.09 bits per heavy atom. The maximum absolute atomic E-state index is 12.5. The van der Waals surface area contributed by atoms with Crippen LogP contribution in [0.2, 0.25) is 0 Å². The highest BCUT2D eigenvalue weighted by Gasteiger charge is 2.26. The fourth-order valence-electron chi connectivity index (χ4n) is 2.45. The number of nitrogens with one attached hydrogen (secondary N) is 1. The van der Waals surface area contributed by atoms with Gasteiger partial charge in [0.25, 0.3) is 5.91 Å². The van der Waals surface area contributed by atoms with Crippen molar-refractivity contribution < 1.29 is 9.59 Å². The van der Waals surface area contributed by atoms with Gasteiger partial charge in [-0.25, -0.2) is 4.99 Å². The third kappa shape index (κ3) is 3.03. The summed E-state index contributed by atoms with van der Waals surface area (Å²) in [5.41, 5.74) is 5.62. The normalized spacial score (nSPS) is 15.9. The van der Waals surface area contributed by atoms with Crippen LogP contribution < -0.4 is 5.43 Å². The summed E-state index contributed by atoms with van der Waals surface area (Å²) in [5, 5.41) is 1.43. The summed E-state index contributed by atoms with van der Waals surface area (Å²) in [5.74, 6) is -0.290. The minimum Gasteiger partial charge on any atom is -0.301 e. The Hall–Kier alpha value is -2.47. The highest BCUT2D eigenvalue weighted by molar-refractivity contribution is 9.10. The van der Waals surface area contributed by atoms with Gasteiger partial charge >= 0.3 is 0 Å². The van der Waals surface area contributed by atoms with E-state index in [9.17, 15) is 9.59 Å². The first-order valence-electron chi connectivity index (χ1n) is 7.04. The molecular formula is C17H14BrN3O2. The number of hydrogen-bond donors (Lipinski definition) is 1. The van der Waals surface area contributed by atoms with Crippen molar-refractivity contribution >= 4 is 40.1 Å². The van der Waals surface area contributed by atoms with Gasteiger partial charge in [-0.3, -0.25) is 15.2 Å². The van der Waals surface area contributed by atoms with Crippen LogP contribution in [0.4, 0.5) is 5.69 Å². The lowest BCUT2D eigenvalue weighted by atomic mass is 10.0. The summed E-state index contributed by atoms with van der Waals surface area (Å²) in [6.07, 6.45) is 2.25. The molecule has 0 radical (unpaired) electrons. The Kier molecular flexibility index (Phi) is 4.25. The van der Waals surface area contributed by atoms with E-state index in [0.29, 0.717) is 5.56 Å². The van der Waals surface area contributed by atoms with Gasteiger partial charge < -0.3 is 4.79 Å². The number of carbonyl (C=O) groups is 2. The second-order valence-corrected chi connectivity index (χ2v) is 6.11. The molecule has 0 saturated heterocycles. The Morgan fingerprint density at radius 3 is 2.87 bits per heavy atom. The molecule has 0 aliphatic carbocycles. The van der Waals surface area contributed by atoms with Crippen LogP contribution in [-0.2, 0) is 4.79 Å². The second kappa shape index (κ2) is 6.34. The van der Waals surface area contributed by atoms with Crippen molar-refractivity contribution in [3.05, 3.63) is 63.6 Å². The summed E-state index contributed by atoms with van der Waals surface area (Å²) in [6.45, 7) is 1.86. The molecular weight excluding hydrogens is 358 g/mol. The number of aldehydes is 1. The van der Waals surface area contributed by atoms with Crippen LogP contribution in [0.3, 0.4) is 0 Å². The van der Waals surface area contributed by atoms with Gasteiger partial charge in [0, 0.05) is 15.6 Å². The fraction of sp³-hybridized carbons (Fsp3) is 0.118. The highest BCUT2D eigenvalue weighted by Crippen LogP contribution is 2.30. The van der Waals surface area contributed by atoms with E-state index in [1.54, 1.807) is 6.07 Å². The molecule has 1 aliphatic heterocycles. The van der Waals surface area contributed by atoms with Crippen molar-refractivity contribution in [2.45, 2.75) is 13.0 Å². The zero-order valence-corrected chi connectivity index (χ0v) is 13.9. The van der Waals surface area contributed by atoms with Crippen LogP contribution in [0.1, 0.15) is 27.5 Å². The molecule has 1 unspecified atom stereocenters. The van der Waals surface area contributed by atoms with E-state index in [4.69, 9.17) is 0 Å². The molecule has 1 aliphatic rings. The topological polar surface area (TPSA) is 61.8 Å². The van der Waals surface area contributed by atoms with E-state index in [1.807, 2.05) is 43.3 Å². The lowest BCUT2D eigenvalue weighted by Crippen LogP contribution is -2.45. The highest BCUT2D eigenvalue weighted by atomic mass is 79.9. The van der Waals surface area contributed by atoms with Gasteiger partial charge in [0.1, 0.15) is 18.7 Å². The summed E-state index contributed by atoms with van der Waals surface area (Å²) in [7, 11) is 0. The number of carbonyl (C=O) groups excluding carboxylic acids is 2. The number of para-hydroxylation sites is 1. The Balaban J connectivity index is 1.87. The molecule has 23 heavy (non-hydrogen) atoms. The molecule has 1 N–H and O–H groups in total. The third-order valence-electron chi connectivity index (χ3n) is 3.68. The van der Waals surface area contributed by atoms with Crippen LogP contribution >= 0.6 is 15.9 Å². The predicted octanol–water partition coefficient (Wildman–Crippen LogP) is 3.32. The van der Waals surface area contributed by atoms with Crippen molar-refractivity contribution in [3.63, 3.8) is 0 Å². The SMILES string of the molecule is Cc1ccc(Br)cc1C(=O)NN1C=Nc2ccccc2C1C=O. The van der Waals surface area contributed by atoms with Gasteiger partial charge in [-0.2, -0.15) is 0 Å². The number of hydrazine groups is 1. The van der Waals surface area contributed by atoms with Gasteiger partial charge in [-0.05, 0) is 30.7 Å². The summed E-state index contributed by atoms with van der Waals surface area (Å²) >= 11 is 3.36. The molecule has 116 valence electrons. The van der Waals surface area contributed by atoms with Crippen molar-refractivity contribution in [3.8, 4) is 0 Å². The van der Waals surface area contributed by atoms with Crippen molar-refractivity contribution in [1.82, 2.24) is 10.4 Å². The second-order valence-electron chi connectivity index (χ2n) is 5.19. The average molecular weight is 372 g/mol. The van der Waals surface area contributed by atoms with Crippen LogP contribution in [0, 0.1) is 6.92 Å². The molecule has 1 heterocycles. The minimum absolute atomic E-state index is 0.290. The molecule has 0 saturated carbocycles. The summed E-state index contributed by atoms with van der Waals surface area (Å²) < 4.78 is 0.817. The van der Waals surface area contributed by atoms with E-state index >= 15 is 0 Å². The van der Waals surface area contributed by atoms with Crippen molar-refractivity contribution in [2.24, 2.45) is 4.99 Å². The molecule has 1 atom stereocenters. The quantitative estimate of drug-likeness (QED) is 0.841. The molecule has 0 fully saturated rings. The Morgan fingerprint density at radius 1 is 1.30 bits per heavy atom. The summed E-state index contributed by atoms with van der Waals surface area (Å²) in [4.78, 5) is 28.3. The fourth-order valence-corrected chi connectivity index (χ4v) is 2.82. The number of aliphatic imine (C=N–C) groups is 1. The van der Waals surface area contributed by atoms with E-state index in [2.05, 4.69) is 26.3 Å². The number of hydrogen-bond acceptors (Lipinski definition) is 4. The zero-order valence-electron chi connectivity index (χ0n) is 12.4. The smallest absolute Gasteiger partial charge is 0.270 e. The van der Waals surface area contributed by atoms with Crippen LogP contribution in [0.5, 0.6) is 0 Å². The first kappa shape index (κ1) is 15.4. The van der Waals surface area contributed by atoms with Crippen LogP contribution in [-0.4, -0.2) is 23.5 Å². The molecule has 5 nitrogen and oxygen atoms in total. The monoisotopic (exact) mass is 371 g/mol. The number of rotatable bonds is 3. The lowest BCUT2D eigenvalue weighted by Gasteiger charge is -2.30. The molecule has 6 heteroatoms. The number of benzene rings is 2. The molecule has 2 aromatic carbocycles. The van der Waals surface area contributed by atoms with Crippen LogP contribution in [0.15, 0.2) is 51.9 Å².